The van der Waals surface area contributed by atoms with Crippen LogP contribution < -0.4 is 10.2 Å². The van der Waals surface area contributed by atoms with Gasteiger partial charge in [0.1, 0.15) is 6.54 Å². The minimum absolute atomic E-state index is 0.00695. The fraction of sp³-hybridized carbons (Fsp3) is 0.238. The molecular weight excluding hydrogens is 380 g/mol. The third-order valence-corrected chi connectivity index (χ3v) is 5.45. The molecule has 1 heterocycles. The molecule has 27 heavy (non-hydrogen) atoms. The number of hydrogen-bond acceptors (Lipinski definition) is 3. The first-order chi connectivity index (χ1) is 13.1. The van der Waals surface area contributed by atoms with E-state index in [0.29, 0.717) is 16.5 Å². The maximum Gasteiger partial charge on any atom is 0.265 e. The van der Waals surface area contributed by atoms with Gasteiger partial charge >= 0.3 is 0 Å². The van der Waals surface area contributed by atoms with Crippen LogP contribution in [0.1, 0.15) is 25.3 Å². The van der Waals surface area contributed by atoms with Crippen LogP contribution in [0, 0.1) is 0 Å². The highest BCUT2D eigenvalue weighted by atomic mass is 35.5. The van der Waals surface area contributed by atoms with Gasteiger partial charge in [-0.3, -0.25) is 14.5 Å². The van der Waals surface area contributed by atoms with Gasteiger partial charge in [-0.25, -0.2) is 0 Å². The van der Waals surface area contributed by atoms with Crippen LogP contribution in [-0.2, 0) is 9.59 Å². The van der Waals surface area contributed by atoms with Crippen molar-refractivity contribution in [2.24, 2.45) is 0 Å². The van der Waals surface area contributed by atoms with Gasteiger partial charge in [-0.1, -0.05) is 61.0 Å². The van der Waals surface area contributed by atoms with E-state index in [2.05, 4.69) is 12.2 Å². The molecule has 0 spiro atoms. The normalized spacial score (nSPS) is 15.0. The molecule has 0 saturated heterocycles. The molecule has 2 aromatic rings. The minimum Gasteiger partial charge on any atom is -0.355 e. The van der Waals surface area contributed by atoms with Gasteiger partial charge in [0.25, 0.3) is 5.91 Å². The van der Waals surface area contributed by atoms with Crippen LogP contribution >= 0.6 is 23.4 Å². The average molecular weight is 401 g/mol. The highest BCUT2D eigenvalue weighted by Gasteiger charge is 2.30. The van der Waals surface area contributed by atoms with Crippen molar-refractivity contribution in [1.82, 2.24) is 5.32 Å². The maximum absolute atomic E-state index is 13.1. The zero-order valence-corrected chi connectivity index (χ0v) is 16.6. The Labute approximate surface area is 168 Å². The lowest BCUT2D eigenvalue weighted by Gasteiger charge is -2.29. The third kappa shape index (κ3) is 4.93. The second kappa shape index (κ2) is 9.11. The summed E-state index contributed by atoms with van der Waals surface area (Å²) in [5.41, 5.74) is 1.62. The number of carbonyl (C=O) groups excluding carboxylic acids is 2. The molecule has 2 amide bonds. The highest BCUT2D eigenvalue weighted by molar-refractivity contribution is 8.04. The second-order valence-corrected chi connectivity index (χ2v) is 7.75. The maximum atomic E-state index is 13.1. The number of thioether (sulfide) groups is 1. The van der Waals surface area contributed by atoms with E-state index in [1.54, 1.807) is 11.0 Å². The van der Waals surface area contributed by atoms with Gasteiger partial charge in [-0.2, -0.15) is 0 Å². The molecule has 0 fully saturated rings. The van der Waals surface area contributed by atoms with Crippen LogP contribution in [-0.4, -0.2) is 24.9 Å². The van der Waals surface area contributed by atoms with Crippen LogP contribution in [0.3, 0.4) is 0 Å². The Bertz CT molecular complexity index is 882. The number of rotatable bonds is 6. The van der Waals surface area contributed by atoms with Crippen LogP contribution in [0.15, 0.2) is 58.3 Å². The molecule has 2 aromatic carbocycles. The van der Waals surface area contributed by atoms with Gasteiger partial charge in [0.05, 0.1) is 10.6 Å². The first-order valence-electron chi connectivity index (χ1n) is 8.91. The summed E-state index contributed by atoms with van der Waals surface area (Å²) in [6.45, 7) is 2.70. The number of halogens is 1. The number of anilines is 1. The number of nitrogens with zero attached hydrogens (tertiary/aromatic N) is 1. The predicted molar refractivity (Wildman–Crippen MR) is 112 cm³/mol. The number of para-hydroxylation sites is 1. The molecule has 0 aromatic heterocycles. The van der Waals surface area contributed by atoms with Gasteiger partial charge < -0.3 is 5.32 Å². The first kappa shape index (κ1) is 19.5. The van der Waals surface area contributed by atoms with Crippen molar-refractivity contribution in [3.63, 3.8) is 0 Å². The third-order valence-electron chi connectivity index (χ3n) is 4.13. The second-order valence-electron chi connectivity index (χ2n) is 6.23. The van der Waals surface area contributed by atoms with E-state index in [-0.39, 0.29) is 18.4 Å². The fourth-order valence-corrected chi connectivity index (χ4v) is 4.03. The molecule has 0 radical (unpaired) electrons. The van der Waals surface area contributed by atoms with Gasteiger partial charge in [0.15, 0.2) is 0 Å². The van der Waals surface area contributed by atoms with E-state index in [4.69, 9.17) is 11.6 Å². The molecule has 140 valence electrons. The number of unbranched alkanes of at least 4 members (excludes halogenated alkanes) is 1. The Morgan fingerprint density at radius 3 is 2.81 bits per heavy atom. The molecule has 0 aliphatic carbocycles. The van der Waals surface area contributed by atoms with Crippen molar-refractivity contribution >= 4 is 46.9 Å². The topological polar surface area (TPSA) is 49.4 Å². The molecule has 6 heteroatoms. The van der Waals surface area contributed by atoms with Crippen molar-refractivity contribution in [2.75, 3.05) is 18.0 Å². The lowest BCUT2D eigenvalue weighted by atomic mass is 10.2. The van der Waals surface area contributed by atoms with Crippen molar-refractivity contribution in [3.05, 3.63) is 64.0 Å². The Kier molecular flexibility index (Phi) is 6.58. The largest absolute Gasteiger partial charge is 0.355 e. The monoisotopic (exact) mass is 400 g/mol. The van der Waals surface area contributed by atoms with Gasteiger partial charge in [0.2, 0.25) is 5.91 Å². The first-order valence-corrected chi connectivity index (χ1v) is 10.1. The van der Waals surface area contributed by atoms with Gasteiger partial charge in [-0.05, 0) is 42.3 Å². The molecule has 0 unspecified atom stereocenters. The number of carbonyl (C=O) groups is 2. The SMILES string of the molecule is CCCCNC(=O)CN1C(=O)/C(=C\c2cccc(Cl)c2)Sc2ccccc21. The average Bonchev–Trinajstić information content (AvgIpc) is 2.65. The lowest BCUT2D eigenvalue weighted by molar-refractivity contribution is -0.122. The Balaban J connectivity index is 1.87. The number of hydrogen-bond donors (Lipinski definition) is 1. The Morgan fingerprint density at radius 1 is 1.22 bits per heavy atom. The van der Waals surface area contributed by atoms with Crippen molar-refractivity contribution < 1.29 is 9.59 Å². The number of nitrogens with one attached hydrogen (secondary N) is 1. The molecular formula is C21H21ClN2O2S. The summed E-state index contributed by atoms with van der Waals surface area (Å²) in [7, 11) is 0. The van der Waals surface area contributed by atoms with E-state index >= 15 is 0 Å². The summed E-state index contributed by atoms with van der Waals surface area (Å²) < 4.78 is 0. The quantitative estimate of drug-likeness (QED) is 0.563. The summed E-state index contributed by atoms with van der Waals surface area (Å²) in [5, 5.41) is 3.49. The van der Waals surface area contributed by atoms with E-state index < -0.39 is 0 Å². The molecule has 0 atom stereocenters. The van der Waals surface area contributed by atoms with E-state index in [1.807, 2.05) is 48.5 Å². The minimum atomic E-state index is -0.177. The van der Waals surface area contributed by atoms with Crippen molar-refractivity contribution in [2.45, 2.75) is 24.7 Å². The standard InChI is InChI=1S/C21H21ClN2O2S/c1-2-3-11-23-20(25)14-24-17-9-4-5-10-18(17)27-19(21(24)26)13-15-7-6-8-16(22)12-15/h4-10,12-13H,2-3,11,14H2,1H3,(H,23,25)/b19-13+. The fourth-order valence-electron chi connectivity index (χ4n) is 2.77. The van der Waals surface area contributed by atoms with Crippen LogP contribution in [0.25, 0.3) is 6.08 Å². The zero-order chi connectivity index (χ0) is 19.2. The zero-order valence-electron chi connectivity index (χ0n) is 15.1. The molecule has 0 bridgehead atoms. The van der Waals surface area contributed by atoms with Crippen LogP contribution in [0.5, 0.6) is 0 Å². The summed E-state index contributed by atoms with van der Waals surface area (Å²) in [5.74, 6) is -0.329. The molecule has 4 nitrogen and oxygen atoms in total. The molecule has 1 aliphatic heterocycles. The van der Waals surface area contributed by atoms with Crippen LogP contribution in [0.4, 0.5) is 5.69 Å². The molecule has 1 N–H and O–H groups in total. The van der Waals surface area contributed by atoms with Crippen LogP contribution in [0.2, 0.25) is 5.02 Å². The van der Waals surface area contributed by atoms with E-state index in [9.17, 15) is 9.59 Å². The lowest BCUT2D eigenvalue weighted by Crippen LogP contribution is -2.42. The summed E-state index contributed by atoms with van der Waals surface area (Å²) in [4.78, 5) is 28.4. The number of benzene rings is 2. The summed E-state index contributed by atoms with van der Waals surface area (Å²) in [6.07, 6.45) is 3.75. The number of fused-ring (bicyclic) bond motifs is 1. The molecule has 3 rings (SSSR count). The number of amides is 2. The van der Waals surface area contributed by atoms with Crippen molar-refractivity contribution in [3.8, 4) is 0 Å². The molecule has 1 aliphatic rings. The summed E-state index contributed by atoms with van der Waals surface area (Å²) >= 11 is 7.47. The van der Waals surface area contributed by atoms with Gasteiger partial charge in [-0.15, -0.1) is 0 Å². The predicted octanol–water partition coefficient (Wildman–Crippen LogP) is 4.74. The molecule has 0 saturated carbocycles. The summed E-state index contributed by atoms with van der Waals surface area (Å²) in [6, 6.07) is 15.0. The highest BCUT2D eigenvalue weighted by Crippen LogP contribution is 2.41. The van der Waals surface area contributed by atoms with Crippen molar-refractivity contribution in [1.29, 1.82) is 0 Å². The van der Waals surface area contributed by atoms with E-state index in [0.717, 1.165) is 29.0 Å². The van der Waals surface area contributed by atoms with E-state index in [1.165, 1.54) is 11.8 Å². The smallest absolute Gasteiger partial charge is 0.265 e. The Morgan fingerprint density at radius 2 is 2.04 bits per heavy atom. The Hall–Kier alpha value is -2.24. The van der Waals surface area contributed by atoms with Gasteiger partial charge in [0, 0.05) is 16.5 Å².